The molecule has 1 aromatic carbocycles. The Hall–Kier alpha value is -1.80. The number of nitrogens with one attached hydrogen (secondary N) is 1. The molecule has 0 heterocycles. The molecular weight excluding hydrogens is 287 g/mol. The van der Waals surface area contributed by atoms with E-state index < -0.39 is 31.8 Å². The number of alkyl halides is 3. The van der Waals surface area contributed by atoms with Gasteiger partial charge in [-0.3, -0.25) is 9.69 Å². The molecule has 0 aliphatic heterocycles. The molecule has 21 heavy (non-hydrogen) atoms. The highest BCUT2D eigenvalue weighted by molar-refractivity contribution is 5.93. The smallest absolute Gasteiger partial charge is 0.399 e. The molecule has 0 saturated carbocycles. The fraction of sp³-hybridized carbons (Fsp3) is 0.462. The molecule has 4 N–H and O–H groups in total. The van der Waals surface area contributed by atoms with Gasteiger partial charge in [0.15, 0.2) is 0 Å². The second-order valence-corrected chi connectivity index (χ2v) is 4.67. The molecule has 1 amide bonds. The first kappa shape index (κ1) is 17.3. The van der Waals surface area contributed by atoms with Gasteiger partial charge in [0.25, 0.3) is 0 Å². The molecule has 0 atom stereocenters. The number of aliphatic hydroxyl groups excluding tert-OH is 1. The second kappa shape index (κ2) is 7.28. The number of anilines is 2. The van der Waals surface area contributed by atoms with Crippen LogP contribution in [0.5, 0.6) is 0 Å². The van der Waals surface area contributed by atoms with Crippen LogP contribution in [0, 0.1) is 6.92 Å². The van der Waals surface area contributed by atoms with E-state index >= 15 is 0 Å². The van der Waals surface area contributed by atoms with Crippen molar-refractivity contribution in [3.8, 4) is 0 Å². The van der Waals surface area contributed by atoms with E-state index in [1.807, 2.05) is 0 Å². The number of aryl methyl sites for hydroxylation is 1. The summed E-state index contributed by atoms with van der Waals surface area (Å²) in [5, 5.41) is 11.3. The zero-order valence-corrected chi connectivity index (χ0v) is 11.6. The summed E-state index contributed by atoms with van der Waals surface area (Å²) in [7, 11) is 0. The zero-order valence-electron chi connectivity index (χ0n) is 11.6. The van der Waals surface area contributed by atoms with Crippen molar-refractivity contribution in [3.05, 3.63) is 23.8 Å². The molecule has 8 heteroatoms. The predicted molar refractivity (Wildman–Crippen MR) is 73.8 cm³/mol. The molecule has 0 aliphatic carbocycles. The lowest BCUT2D eigenvalue weighted by atomic mass is 10.2. The third-order valence-corrected chi connectivity index (χ3v) is 2.71. The third kappa shape index (κ3) is 6.46. The first-order chi connectivity index (χ1) is 9.71. The number of rotatable bonds is 6. The lowest BCUT2D eigenvalue weighted by Crippen LogP contribution is -2.41. The summed E-state index contributed by atoms with van der Waals surface area (Å²) in [4.78, 5) is 12.6. The highest BCUT2D eigenvalue weighted by Crippen LogP contribution is 2.18. The van der Waals surface area contributed by atoms with Gasteiger partial charge in [0.05, 0.1) is 19.7 Å². The lowest BCUT2D eigenvalue weighted by molar-refractivity contribution is -0.148. The van der Waals surface area contributed by atoms with Gasteiger partial charge in [-0.15, -0.1) is 0 Å². The highest BCUT2D eigenvalue weighted by atomic mass is 19.4. The molecule has 1 aromatic rings. The Balaban J connectivity index is 2.65. The average molecular weight is 305 g/mol. The Morgan fingerprint density at radius 2 is 2.10 bits per heavy atom. The Labute approximate surface area is 120 Å². The fourth-order valence-corrected chi connectivity index (χ4v) is 1.83. The molecule has 0 unspecified atom stereocenters. The Morgan fingerprint density at radius 1 is 1.43 bits per heavy atom. The molecule has 0 aliphatic rings. The Morgan fingerprint density at radius 3 is 2.62 bits per heavy atom. The van der Waals surface area contributed by atoms with E-state index in [1.165, 1.54) is 0 Å². The van der Waals surface area contributed by atoms with Gasteiger partial charge >= 0.3 is 6.18 Å². The van der Waals surface area contributed by atoms with Gasteiger partial charge in [-0.2, -0.15) is 13.2 Å². The molecule has 0 radical (unpaired) electrons. The van der Waals surface area contributed by atoms with E-state index in [9.17, 15) is 18.0 Å². The van der Waals surface area contributed by atoms with Crippen molar-refractivity contribution in [2.75, 3.05) is 37.3 Å². The maximum atomic E-state index is 12.3. The summed E-state index contributed by atoms with van der Waals surface area (Å²) >= 11 is 0. The number of nitrogen functional groups attached to an aromatic ring is 1. The molecule has 0 bridgehead atoms. The number of aliphatic hydroxyl groups is 1. The molecule has 5 nitrogen and oxygen atoms in total. The largest absolute Gasteiger partial charge is 0.401 e. The number of hydrogen-bond donors (Lipinski definition) is 3. The van der Waals surface area contributed by atoms with Crippen molar-refractivity contribution in [1.29, 1.82) is 0 Å². The summed E-state index contributed by atoms with van der Waals surface area (Å²) in [6.45, 7) is -0.656. The molecule has 118 valence electrons. The van der Waals surface area contributed by atoms with Gasteiger partial charge in [-0.25, -0.2) is 0 Å². The number of halogens is 3. The summed E-state index contributed by atoms with van der Waals surface area (Å²) in [6, 6.07) is 4.82. The van der Waals surface area contributed by atoms with Gasteiger partial charge in [0.2, 0.25) is 5.91 Å². The summed E-state index contributed by atoms with van der Waals surface area (Å²) in [6.07, 6.45) is -4.42. The number of nitrogens with two attached hydrogens (primary N) is 1. The molecule has 1 rings (SSSR count). The van der Waals surface area contributed by atoms with Gasteiger partial charge in [0, 0.05) is 17.9 Å². The van der Waals surface area contributed by atoms with Gasteiger partial charge in [0.1, 0.15) is 0 Å². The highest BCUT2D eigenvalue weighted by Gasteiger charge is 2.31. The van der Waals surface area contributed by atoms with Crippen LogP contribution in [0.2, 0.25) is 0 Å². The van der Waals surface area contributed by atoms with Crippen LogP contribution in [0.15, 0.2) is 18.2 Å². The van der Waals surface area contributed by atoms with Crippen LogP contribution in [0.1, 0.15) is 5.56 Å². The first-order valence-corrected chi connectivity index (χ1v) is 6.27. The minimum atomic E-state index is -4.42. The zero-order chi connectivity index (χ0) is 16.0. The van der Waals surface area contributed by atoms with Gasteiger partial charge in [-0.1, -0.05) is 0 Å². The molecule has 0 saturated heterocycles. The third-order valence-electron chi connectivity index (χ3n) is 2.71. The van der Waals surface area contributed by atoms with Crippen molar-refractivity contribution in [3.63, 3.8) is 0 Å². The minimum absolute atomic E-state index is 0.229. The van der Waals surface area contributed by atoms with Crippen molar-refractivity contribution >= 4 is 17.3 Å². The van der Waals surface area contributed by atoms with Gasteiger partial charge in [-0.05, 0) is 30.7 Å². The van der Waals surface area contributed by atoms with Gasteiger partial charge < -0.3 is 16.2 Å². The van der Waals surface area contributed by atoms with E-state index in [0.29, 0.717) is 16.9 Å². The number of hydrogen-bond acceptors (Lipinski definition) is 4. The minimum Gasteiger partial charge on any atom is -0.399 e. The molecule has 0 fully saturated rings. The normalized spacial score (nSPS) is 11.7. The van der Waals surface area contributed by atoms with E-state index in [2.05, 4.69) is 5.32 Å². The SMILES string of the molecule is Cc1cc(N)ccc1NC(=O)CN(CCO)CC(F)(F)F. The van der Waals surface area contributed by atoms with E-state index in [-0.39, 0.29) is 6.54 Å². The summed E-state index contributed by atoms with van der Waals surface area (Å²) in [5.41, 5.74) is 7.31. The second-order valence-electron chi connectivity index (χ2n) is 4.67. The first-order valence-electron chi connectivity index (χ1n) is 6.27. The van der Waals surface area contributed by atoms with Crippen molar-refractivity contribution in [1.82, 2.24) is 4.90 Å². The Bertz CT molecular complexity index is 492. The van der Waals surface area contributed by atoms with Crippen LogP contribution in [-0.2, 0) is 4.79 Å². The molecule has 0 spiro atoms. The van der Waals surface area contributed by atoms with Crippen molar-refractivity contribution < 1.29 is 23.1 Å². The van der Waals surface area contributed by atoms with E-state index in [4.69, 9.17) is 10.8 Å². The van der Waals surface area contributed by atoms with Crippen LogP contribution in [0.25, 0.3) is 0 Å². The van der Waals surface area contributed by atoms with Crippen LogP contribution in [-0.4, -0.2) is 48.3 Å². The summed E-state index contributed by atoms with van der Waals surface area (Å²) in [5.74, 6) is -0.583. The predicted octanol–water partition coefficient (Wildman–Crippen LogP) is 1.37. The number of carbonyl (C=O) groups is 1. The number of amides is 1. The number of nitrogens with zero attached hydrogens (tertiary/aromatic N) is 1. The molecule has 0 aromatic heterocycles. The summed E-state index contributed by atoms with van der Waals surface area (Å²) < 4.78 is 37.0. The van der Waals surface area contributed by atoms with Crippen LogP contribution in [0.4, 0.5) is 24.5 Å². The molecular formula is C13H18F3N3O2. The average Bonchev–Trinajstić information content (AvgIpc) is 2.31. The Kier molecular flexibility index (Phi) is 5.98. The maximum Gasteiger partial charge on any atom is 0.401 e. The standard InChI is InChI=1S/C13H18F3N3O2/c1-9-6-10(17)2-3-11(9)18-12(21)7-19(4-5-20)8-13(14,15)16/h2-3,6,20H,4-5,7-8,17H2,1H3,(H,18,21). The van der Waals surface area contributed by atoms with Crippen LogP contribution < -0.4 is 11.1 Å². The number of benzene rings is 1. The number of carbonyl (C=O) groups excluding carboxylic acids is 1. The van der Waals surface area contributed by atoms with Crippen molar-refractivity contribution in [2.45, 2.75) is 13.1 Å². The van der Waals surface area contributed by atoms with Crippen LogP contribution >= 0.6 is 0 Å². The van der Waals surface area contributed by atoms with E-state index in [1.54, 1.807) is 25.1 Å². The quantitative estimate of drug-likeness (QED) is 0.694. The maximum absolute atomic E-state index is 12.3. The van der Waals surface area contributed by atoms with E-state index in [0.717, 1.165) is 4.90 Å². The lowest BCUT2D eigenvalue weighted by Gasteiger charge is -2.22. The monoisotopic (exact) mass is 305 g/mol. The fourth-order valence-electron chi connectivity index (χ4n) is 1.83. The van der Waals surface area contributed by atoms with Crippen molar-refractivity contribution in [2.24, 2.45) is 0 Å². The van der Waals surface area contributed by atoms with Crippen LogP contribution in [0.3, 0.4) is 0 Å². The topological polar surface area (TPSA) is 78.6 Å².